The van der Waals surface area contributed by atoms with E-state index in [1.54, 1.807) is 19.1 Å². The van der Waals surface area contributed by atoms with E-state index in [2.05, 4.69) is 14.9 Å². The zero-order chi connectivity index (χ0) is 15.4. The molecule has 2 rings (SSSR count). The molecule has 0 unspecified atom stereocenters. The standard InChI is InChI=1S/C13H15N3O4S/c1-7-12(21-16-15-7)13(17)14-8-5-9(18-2)11(20-4)10(6-8)19-3/h5-6H,1-4H3,(H,14,17). The van der Waals surface area contributed by atoms with Gasteiger partial charge in [-0.15, -0.1) is 5.10 Å². The summed E-state index contributed by atoms with van der Waals surface area (Å²) in [5.74, 6) is 1.11. The van der Waals surface area contributed by atoms with Crippen LogP contribution in [0, 0.1) is 6.92 Å². The molecule has 2 aromatic rings. The van der Waals surface area contributed by atoms with Crippen molar-refractivity contribution >= 4 is 23.1 Å². The van der Waals surface area contributed by atoms with Crippen LogP contribution in [0.1, 0.15) is 15.4 Å². The van der Waals surface area contributed by atoms with Crippen molar-refractivity contribution < 1.29 is 19.0 Å². The Morgan fingerprint density at radius 2 is 1.76 bits per heavy atom. The molecule has 1 aromatic carbocycles. The van der Waals surface area contributed by atoms with Gasteiger partial charge < -0.3 is 19.5 Å². The van der Waals surface area contributed by atoms with Crippen LogP contribution in [0.15, 0.2) is 12.1 Å². The van der Waals surface area contributed by atoms with Gasteiger partial charge in [-0.3, -0.25) is 4.79 Å². The van der Waals surface area contributed by atoms with Crippen LogP contribution in [-0.4, -0.2) is 36.8 Å². The second-order valence-corrected chi connectivity index (χ2v) is 4.81. The summed E-state index contributed by atoms with van der Waals surface area (Å²) in [6.07, 6.45) is 0. The monoisotopic (exact) mass is 309 g/mol. The topological polar surface area (TPSA) is 82.6 Å². The van der Waals surface area contributed by atoms with Crippen molar-refractivity contribution in [2.75, 3.05) is 26.6 Å². The SMILES string of the molecule is COc1cc(NC(=O)c2snnc2C)cc(OC)c1OC. The van der Waals surface area contributed by atoms with E-state index >= 15 is 0 Å². The number of methoxy groups -OCH3 is 3. The number of carbonyl (C=O) groups excluding carboxylic acids is 1. The van der Waals surface area contributed by atoms with Gasteiger partial charge in [-0.1, -0.05) is 4.49 Å². The Morgan fingerprint density at radius 1 is 1.14 bits per heavy atom. The molecule has 0 aliphatic carbocycles. The van der Waals surface area contributed by atoms with Crippen molar-refractivity contribution in [3.05, 3.63) is 22.7 Å². The Bertz CT molecular complexity index is 632. The molecule has 21 heavy (non-hydrogen) atoms. The number of hydrogen-bond acceptors (Lipinski definition) is 7. The van der Waals surface area contributed by atoms with Crippen molar-refractivity contribution in [3.63, 3.8) is 0 Å². The minimum absolute atomic E-state index is 0.281. The second kappa shape index (κ2) is 6.40. The number of ether oxygens (including phenoxy) is 3. The minimum Gasteiger partial charge on any atom is -0.493 e. The average molecular weight is 309 g/mol. The van der Waals surface area contributed by atoms with E-state index in [0.29, 0.717) is 33.5 Å². The highest BCUT2D eigenvalue weighted by Gasteiger charge is 2.17. The first-order chi connectivity index (χ1) is 10.1. The van der Waals surface area contributed by atoms with E-state index in [1.807, 2.05) is 0 Å². The van der Waals surface area contributed by atoms with Crippen LogP contribution >= 0.6 is 11.5 Å². The van der Waals surface area contributed by atoms with Gasteiger partial charge in [-0.05, 0) is 18.5 Å². The fraction of sp³-hybridized carbons (Fsp3) is 0.308. The fourth-order valence-electron chi connectivity index (χ4n) is 1.78. The molecular weight excluding hydrogens is 294 g/mol. The van der Waals surface area contributed by atoms with E-state index < -0.39 is 0 Å². The van der Waals surface area contributed by atoms with Crippen LogP contribution in [0.2, 0.25) is 0 Å². The van der Waals surface area contributed by atoms with Crippen LogP contribution in [-0.2, 0) is 0 Å². The van der Waals surface area contributed by atoms with E-state index in [-0.39, 0.29) is 5.91 Å². The molecule has 0 atom stereocenters. The molecule has 0 radical (unpaired) electrons. The molecule has 0 saturated carbocycles. The molecule has 1 amide bonds. The Balaban J connectivity index is 2.32. The van der Waals surface area contributed by atoms with Gasteiger partial charge in [0.15, 0.2) is 11.5 Å². The van der Waals surface area contributed by atoms with Crippen LogP contribution < -0.4 is 19.5 Å². The molecule has 1 aromatic heterocycles. The Morgan fingerprint density at radius 3 is 2.19 bits per heavy atom. The Labute approximate surface area is 126 Å². The zero-order valence-corrected chi connectivity index (χ0v) is 12.9. The van der Waals surface area contributed by atoms with Crippen LogP contribution in [0.25, 0.3) is 0 Å². The summed E-state index contributed by atoms with van der Waals surface area (Å²) in [7, 11) is 4.55. The first-order valence-electron chi connectivity index (χ1n) is 6.01. The van der Waals surface area contributed by atoms with Gasteiger partial charge in [0.05, 0.1) is 27.0 Å². The number of aromatic nitrogens is 2. The highest BCUT2D eigenvalue weighted by atomic mass is 32.1. The maximum atomic E-state index is 12.2. The largest absolute Gasteiger partial charge is 0.493 e. The van der Waals surface area contributed by atoms with E-state index in [9.17, 15) is 4.79 Å². The number of hydrogen-bond donors (Lipinski definition) is 1. The molecule has 7 nitrogen and oxygen atoms in total. The summed E-state index contributed by atoms with van der Waals surface area (Å²) < 4.78 is 19.4. The number of anilines is 1. The lowest BCUT2D eigenvalue weighted by atomic mass is 10.2. The lowest BCUT2D eigenvalue weighted by Crippen LogP contribution is -2.12. The van der Waals surface area contributed by atoms with E-state index in [0.717, 1.165) is 11.5 Å². The predicted octanol–water partition coefficient (Wildman–Crippen LogP) is 2.12. The van der Waals surface area contributed by atoms with Gasteiger partial charge >= 0.3 is 0 Å². The number of amides is 1. The quantitative estimate of drug-likeness (QED) is 0.911. The molecule has 1 N–H and O–H groups in total. The van der Waals surface area contributed by atoms with Crippen molar-refractivity contribution in [1.29, 1.82) is 0 Å². The number of aryl methyl sites for hydroxylation is 1. The molecule has 0 saturated heterocycles. The third-order valence-corrected chi connectivity index (χ3v) is 3.61. The lowest BCUT2D eigenvalue weighted by Gasteiger charge is -2.14. The summed E-state index contributed by atoms with van der Waals surface area (Å²) in [4.78, 5) is 12.6. The average Bonchev–Trinajstić information content (AvgIpc) is 2.92. The van der Waals surface area contributed by atoms with Gasteiger partial charge in [-0.25, -0.2) is 0 Å². The highest BCUT2D eigenvalue weighted by Crippen LogP contribution is 2.40. The number of carbonyl (C=O) groups is 1. The van der Waals surface area contributed by atoms with Crippen molar-refractivity contribution in [1.82, 2.24) is 9.59 Å². The van der Waals surface area contributed by atoms with Crippen molar-refractivity contribution in [2.24, 2.45) is 0 Å². The normalized spacial score (nSPS) is 10.1. The smallest absolute Gasteiger partial charge is 0.269 e. The number of nitrogens with one attached hydrogen (secondary N) is 1. The third-order valence-electron chi connectivity index (χ3n) is 2.78. The summed E-state index contributed by atoms with van der Waals surface area (Å²) in [5.41, 5.74) is 1.12. The summed E-state index contributed by atoms with van der Waals surface area (Å²) in [6, 6.07) is 3.31. The third kappa shape index (κ3) is 3.05. The summed E-state index contributed by atoms with van der Waals surface area (Å²) in [5, 5.41) is 6.57. The lowest BCUT2D eigenvalue weighted by molar-refractivity contribution is 0.103. The molecule has 0 aliphatic rings. The molecular formula is C13H15N3O4S. The first-order valence-corrected chi connectivity index (χ1v) is 6.78. The molecule has 0 aliphatic heterocycles. The van der Waals surface area contributed by atoms with Crippen LogP contribution in [0.4, 0.5) is 5.69 Å². The summed E-state index contributed by atoms with van der Waals surface area (Å²) >= 11 is 1.04. The fourth-order valence-corrected chi connectivity index (χ4v) is 2.33. The first kappa shape index (κ1) is 15.0. The zero-order valence-electron chi connectivity index (χ0n) is 12.1. The number of rotatable bonds is 5. The Kier molecular flexibility index (Phi) is 4.59. The molecule has 112 valence electrons. The predicted molar refractivity (Wildman–Crippen MR) is 78.7 cm³/mol. The van der Waals surface area contributed by atoms with Gasteiger partial charge in [0, 0.05) is 17.8 Å². The maximum Gasteiger partial charge on any atom is 0.269 e. The van der Waals surface area contributed by atoms with Gasteiger partial charge in [0.25, 0.3) is 5.91 Å². The van der Waals surface area contributed by atoms with Gasteiger partial charge in [-0.2, -0.15) is 0 Å². The maximum absolute atomic E-state index is 12.2. The van der Waals surface area contributed by atoms with Gasteiger partial charge in [0.1, 0.15) is 4.88 Å². The number of nitrogens with zero attached hydrogens (tertiary/aromatic N) is 2. The van der Waals surface area contributed by atoms with Crippen LogP contribution in [0.3, 0.4) is 0 Å². The van der Waals surface area contributed by atoms with Crippen LogP contribution in [0.5, 0.6) is 17.2 Å². The molecule has 0 bridgehead atoms. The summed E-state index contributed by atoms with van der Waals surface area (Å²) in [6.45, 7) is 1.73. The van der Waals surface area contributed by atoms with Crippen molar-refractivity contribution in [3.8, 4) is 17.2 Å². The molecule has 0 fully saturated rings. The second-order valence-electron chi connectivity index (χ2n) is 4.06. The molecule has 8 heteroatoms. The Hall–Kier alpha value is -2.35. The molecule has 1 heterocycles. The van der Waals surface area contributed by atoms with E-state index in [1.165, 1.54) is 21.3 Å². The number of benzene rings is 1. The minimum atomic E-state index is -0.281. The highest BCUT2D eigenvalue weighted by molar-refractivity contribution is 7.08. The molecule has 0 spiro atoms. The van der Waals surface area contributed by atoms with Gasteiger partial charge in [0.2, 0.25) is 5.75 Å². The van der Waals surface area contributed by atoms with Crippen molar-refractivity contribution in [2.45, 2.75) is 6.92 Å². The van der Waals surface area contributed by atoms with E-state index in [4.69, 9.17) is 14.2 Å².